The monoisotopic (exact) mass is 367 g/mol. The fourth-order valence-electron chi connectivity index (χ4n) is 1.23. The number of ether oxygens (including phenoxy) is 1. The average Bonchev–Trinajstić information content (AvgIpc) is 2.23. The zero-order valence-electron chi connectivity index (χ0n) is 8.55. The Balaban J connectivity index is 2.84. The fourth-order valence-corrected chi connectivity index (χ4v) is 2.81. The number of halogens is 3. The second-order valence-electron chi connectivity index (χ2n) is 3.10. The van der Waals surface area contributed by atoms with Crippen LogP contribution in [0.25, 0.3) is 0 Å². The lowest BCUT2D eigenvalue weighted by atomic mass is 10.1. The molecule has 1 aromatic rings. The van der Waals surface area contributed by atoms with Crippen LogP contribution in [0.3, 0.4) is 0 Å². The second-order valence-corrected chi connectivity index (χ2v) is 5.06. The van der Waals surface area contributed by atoms with Crippen LogP contribution in [-0.2, 0) is 6.42 Å². The molecule has 0 aliphatic heterocycles. The Kier molecular flexibility index (Phi) is 6.43. The van der Waals surface area contributed by atoms with Gasteiger partial charge < -0.3 is 10.5 Å². The van der Waals surface area contributed by atoms with Crippen molar-refractivity contribution in [1.82, 2.24) is 0 Å². The molecule has 1 aromatic carbocycles. The maximum atomic E-state index is 5.54. The van der Waals surface area contributed by atoms with E-state index in [9.17, 15) is 0 Å². The highest BCUT2D eigenvalue weighted by molar-refractivity contribution is 9.11. The summed E-state index contributed by atoms with van der Waals surface area (Å²) < 4.78 is 7.37. The Labute approximate surface area is 117 Å². The lowest BCUT2D eigenvalue weighted by molar-refractivity contribution is 0.358. The molecule has 0 aliphatic carbocycles. The van der Waals surface area contributed by atoms with Crippen molar-refractivity contribution >= 4 is 43.5 Å². The van der Waals surface area contributed by atoms with Crippen LogP contribution in [0.15, 0.2) is 32.7 Å². The first-order valence-electron chi connectivity index (χ1n) is 4.75. The summed E-state index contributed by atoms with van der Waals surface area (Å²) in [6, 6.07) is 4.02. The summed E-state index contributed by atoms with van der Waals surface area (Å²) in [5, 5.41) is 0. The van der Waals surface area contributed by atoms with Gasteiger partial charge in [0.1, 0.15) is 12.4 Å². The molecule has 0 saturated heterocycles. The topological polar surface area (TPSA) is 35.2 Å². The molecule has 2 N–H and O–H groups in total. The van der Waals surface area contributed by atoms with Crippen molar-refractivity contribution in [2.45, 2.75) is 6.42 Å². The first-order valence-corrected chi connectivity index (χ1v) is 6.77. The lowest BCUT2D eigenvalue weighted by Gasteiger charge is -2.10. The van der Waals surface area contributed by atoms with E-state index in [2.05, 4.69) is 31.9 Å². The van der Waals surface area contributed by atoms with Crippen molar-refractivity contribution in [2.24, 2.45) is 5.73 Å². The maximum absolute atomic E-state index is 5.54. The summed E-state index contributed by atoms with van der Waals surface area (Å²) in [5.41, 5.74) is 8.11. The van der Waals surface area contributed by atoms with Gasteiger partial charge in [-0.1, -0.05) is 11.6 Å². The Morgan fingerprint density at radius 2 is 1.94 bits per heavy atom. The van der Waals surface area contributed by atoms with Crippen molar-refractivity contribution < 1.29 is 4.74 Å². The fraction of sp³-hybridized carbons (Fsp3) is 0.273. The highest BCUT2D eigenvalue weighted by Crippen LogP contribution is 2.34. The number of rotatable bonds is 5. The molecule has 0 spiro atoms. The van der Waals surface area contributed by atoms with Gasteiger partial charge in [0.2, 0.25) is 0 Å². The van der Waals surface area contributed by atoms with E-state index in [0.717, 1.165) is 21.1 Å². The van der Waals surface area contributed by atoms with Gasteiger partial charge in [0.05, 0.1) is 8.95 Å². The van der Waals surface area contributed by atoms with E-state index in [0.29, 0.717) is 13.2 Å². The normalized spacial score (nSPS) is 11.0. The van der Waals surface area contributed by atoms with Crippen LogP contribution in [0.1, 0.15) is 5.56 Å². The highest BCUT2D eigenvalue weighted by Gasteiger charge is 2.08. The van der Waals surface area contributed by atoms with Gasteiger partial charge in [0.15, 0.2) is 0 Å². The van der Waals surface area contributed by atoms with Gasteiger partial charge in [-0.05, 0) is 68.6 Å². The number of benzene rings is 1. The van der Waals surface area contributed by atoms with E-state index >= 15 is 0 Å². The Hall–Kier alpha value is -0.0300. The van der Waals surface area contributed by atoms with Crippen molar-refractivity contribution in [1.29, 1.82) is 0 Å². The molecule has 0 heterocycles. The van der Waals surface area contributed by atoms with Crippen molar-refractivity contribution in [2.75, 3.05) is 13.2 Å². The minimum Gasteiger partial charge on any atom is -0.487 e. The van der Waals surface area contributed by atoms with Crippen LogP contribution in [0, 0.1) is 0 Å². The van der Waals surface area contributed by atoms with Gasteiger partial charge in [0, 0.05) is 5.54 Å². The SMILES string of the molecule is NCCc1cc(Br)c(OC/C=C/Cl)c(Br)c1. The lowest BCUT2D eigenvalue weighted by Crippen LogP contribution is -2.03. The maximum Gasteiger partial charge on any atom is 0.148 e. The quantitative estimate of drug-likeness (QED) is 0.856. The minimum absolute atomic E-state index is 0.441. The molecule has 0 aliphatic rings. The third kappa shape index (κ3) is 4.09. The summed E-state index contributed by atoms with van der Waals surface area (Å²) in [6.45, 7) is 1.07. The van der Waals surface area contributed by atoms with Gasteiger partial charge in [-0.15, -0.1) is 0 Å². The predicted molar refractivity (Wildman–Crippen MR) is 75.1 cm³/mol. The third-order valence-electron chi connectivity index (χ3n) is 1.90. The first kappa shape index (κ1) is 14.0. The van der Waals surface area contributed by atoms with Crippen molar-refractivity contribution in [3.8, 4) is 5.75 Å². The van der Waals surface area contributed by atoms with E-state index < -0.39 is 0 Å². The molecule has 0 unspecified atom stereocenters. The average molecular weight is 369 g/mol. The number of hydrogen-bond donors (Lipinski definition) is 1. The summed E-state index contributed by atoms with van der Waals surface area (Å²) in [4.78, 5) is 0. The molecule has 0 bridgehead atoms. The molecular formula is C11H12Br2ClNO. The van der Waals surface area contributed by atoms with Gasteiger partial charge in [-0.25, -0.2) is 0 Å². The molecule has 0 atom stereocenters. The highest BCUT2D eigenvalue weighted by atomic mass is 79.9. The summed E-state index contributed by atoms with van der Waals surface area (Å²) >= 11 is 12.4. The molecule has 5 heteroatoms. The molecule has 2 nitrogen and oxygen atoms in total. The van der Waals surface area contributed by atoms with Gasteiger partial charge in [-0.2, -0.15) is 0 Å². The standard InChI is InChI=1S/C11H12Br2ClNO/c12-9-6-8(2-4-15)7-10(13)11(9)16-5-1-3-14/h1,3,6-7H,2,4-5,15H2/b3-1+. The smallest absolute Gasteiger partial charge is 0.148 e. The van der Waals surface area contributed by atoms with Gasteiger partial charge in [0.25, 0.3) is 0 Å². The van der Waals surface area contributed by atoms with Crippen LogP contribution < -0.4 is 10.5 Å². The van der Waals surface area contributed by atoms with E-state index in [-0.39, 0.29) is 0 Å². The second kappa shape index (κ2) is 7.33. The Bertz CT molecular complexity index is 359. The molecule has 0 radical (unpaired) electrons. The molecule has 88 valence electrons. The molecule has 16 heavy (non-hydrogen) atoms. The molecule has 1 rings (SSSR count). The summed E-state index contributed by atoms with van der Waals surface area (Å²) in [5.74, 6) is 0.774. The zero-order chi connectivity index (χ0) is 12.0. The van der Waals surface area contributed by atoms with Crippen LogP contribution in [0.5, 0.6) is 5.75 Å². The minimum atomic E-state index is 0.441. The van der Waals surface area contributed by atoms with Crippen molar-refractivity contribution in [3.63, 3.8) is 0 Å². The largest absolute Gasteiger partial charge is 0.487 e. The predicted octanol–water partition coefficient (Wildman–Crippen LogP) is 3.84. The number of nitrogens with two attached hydrogens (primary N) is 1. The van der Waals surface area contributed by atoms with Crippen LogP contribution in [0.2, 0.25) is 0 Å². The van der Waals surface area contributed by atoms with E-state index in [4.69, 9.17) is 22.1 Å². The number of hydrogen-bond acceptors (Lipinski definition) is 2. The molecule has 0 saturated carbocycles. The molecule has 0 fully saturated rings. The van der Waals surface area contributed by atoms with E-state index in [1.54, 1.807) is 6.08 Å². The summed E-state index contributed by atoms with van der Waals surface area (Å²) in [7, 11) is 0. The summed E-state index contributed by atoms with van der Waals surface area (Å²) in [6.07, 6.45) is 2.58. The molecular weight excluding hydrogens is 357 g/mol. The van der Waals surface area contributed by atoms with Gasteiger partial charge in [-0.3, -0.25) is 0 Å². The van der Waals surface area contributed by atoms with Gasteiger partial charge >= 0.3 is 0 Å². The van der Waals surface area contributed by atoms with Crippen molar-refractivity contribution in [3.05, 3.63) is 38.3 Å². The first-order chi connectivity index (χ1) is 7.69. The molecule has 0 amide bonds. The Morgan fingerprint density at radius 1 is 1.31 bits per heavy atom. The Morgan fingerprint density at radius 3 is 2.44 bits per heavy atom. The zero-order valence-corrected chi connectivity index (χ0v) is 12.5. The van der Waals surface area contributed by atoms with E-state index in [1.807, 2.05) is 12.1 Å². The van der Waals surface area contributed by atoms with E-state index in [1.165, 1.54) is 11.1 Å². The third-order valence-corrected chi connectivity index (χ3v) is 3.26. The molecule has 0 aromatic heterocycles. The van der Waals surface area contributed by atoms with Crippen LogP contribution in [0.4, 0.5) is 0 Å². The van der Waals surface area contributed by atoms with Crippen LogP contribution >= 0.6 is 43.5 Å². The van der Waals surface area contributed by atoms with Crippen LogP contribution in [-0.4, -0.2) is 13.2 Å².